The van der Waals surface area contributed by atoms with Crippen LogP contribution in [-0.2, 0) is 11.3 Å². The number of amides is 1. The fourth-order valence-corrected chi connectivity index (χ4v) is 3.32. The van der Waals surface area contributed by atoms with E-state index in [0.29, 0.717) is 13.0 Å². The van der Waals surface area contributed by atoms with E-state index in [1.54, 1.807) is 6.20 Å². The van der Waals surface area contributed by atoms with Crippen molar-refractivity contribution in [2.75, 3.05) is 0 Å². The number of pyridine rings is 1. The van der Waals surface area contributed by atoms with Gasteiger partial charge >= 0.3 is 0 Å². The second-order valence-electron chi connectivity index (χ2n) is 7.70. The Morgan fingerprint density at radius 2 is 1.44 bits per heavy atom. The topological polar surface area (TPSA) is 54.0 Å². The van der Waals surface area contributed by atoms with Crippen molar-refractivity contribution < 1.29 is 4.79 Å². The molecule has 1 aromatic rings. The highest BCUT2D eigenvalue weighted by Gasteiger charge is 2.01. The number of hydrazine groups is 1. The number of nitrogens with zero attached hydrogens (tertiary/aromatic N) is 1. The van der Waals surface area contributed by atoms with Crippen LogP contribution in [0.1, 0.15) is 108 Å². The number of hydrogen-bond donors (Lipinski definition) is 2. The summed E-state index contributed by atoms with van der Waals surface area (Å²) in [6, 6.07) is 3.98. The minimum atomic E-state index is 0.0869. The maximum Gasteiger partial charge on any atom is 0.234 e. The summed E-state index contributed by atoms with van der Waals surface area (Å²) >= 11 is 0. The smallest absolute Gasteiger partial charge is 0.234 e. The summed E-state index contributed by atoms with van der Waals surface area (Å²) in [4.78, 5) is 16.0. The zero-order chi connectivity index (χ0) is 19.6. The minimum absolute atomic E-state index is 0.0869. The summed E-state index contributed by atoms with van der Waals surface area (Å²) < 4.78 is 0. The molecule has 4 heteroatoms. The summed E-state index contributed by atoms with van der Waals surface area (Å²) in [6.45, 7) is 4.87. The Morgan fingerprint density at radius 3 is 2.00 bits per heavy atom. The van der Waals surface area contributed by atoms with Gasteiger partial charge in [-0.2, -0.15) is 0 Å². The quantitative estimate of drug-likeness (QED) is 0.260. The summed E-state index contributed by atoms with van der Waals surface area (Å²) in [5.41, 5.74) is 7.90. The summed E-state index contributed by atoms with van der Waals surface area (Å²) in [6.07, 6.45) is 19.7. The molecule has 0 saturated carbocycles. The molecule has 2 N–H and O–H groups in total. The van der Waals surface area contributed by atoms with Gasteiger partial charge in [0.15, 0.2) is 0 Å². The van der Waals surface area contributed by atoms with E-state index in [1.165, 1.54) is 70.6 Å². The van der Waals surface area contributed by atoms with Gasteiger partial charge in [0.25, 0.3) is 0 Å². The number of aryl methyl sites for hydroxylation is 1. The van der Waals surface area contributed by atoms with Gasteiger partial charge in [0.1, 0.15) is 0 Å². The van der Waals surface area contributed by atoms with Gasteiger partial charge in [0, 0.05) is 24.9 Å². The molecule has 0 radical (unpaired) electrons. The lowest BCUT2D eigenvalue weighted by Crippen LogP contribution is -2.36. The van der Waals surface area contributed by atoms with E-state index in [2.05, 4.69) is 22.8 Å². The fraction of sp³-hybridized carbons (Fsp3) is 0.739. The molecule has 154 valence electrons. The number of aromatic nitrogens is 1. The average molecular weight is 376 g/mol. The molecular formula is C23H41N3O. The van der Waals surface area contributed by atoms with Crippen LogP contribution in [0.15, 0.2) is 18.3 Å². The number of hydrogen-bond acceptors (Lipinski definition) is 3. The summed E-state index contributed by atoms with van der Waals surface area (Å²) in [5, 5.41) is 0. The molecule has 0 aliphatic carbocycles. The third-order valence-electron chi connectivity index (χ3n) is 4.99. The first-order chi connectivity index (χ1) is 13.2. The van der Waals surface area contributed by atoms with E-state index in [-0.39, 0.29) is 5.91 Å². The average Bonchev–Trinajstić information content (AvgIpc) is 2.65. The highest BCUT2D eigenvalue weighted by molar-refractivity contribution is 5.75. The third kappa shape index (κ3) is 14.3. The third-order valence-corrected chi connectivity index (χ3v) is 4.99. The van der Waals surface area contributed by atoms with Gasteiger partial charge in [-0.05, 0) is 31.0 Å². The molecule has 0 atom stereocenters. The van der Waals surface area contributed by atoms with E-state index >= 15 is 0 Å². The molecule has 1 rings (SSSR count). The van der Waals surface area contributed by atoms with Gasteiger partial charge in [0.2, 0.25) is 5.91 Å². The van der Waals surface area contributed by atoms with Crippen LogP contribution >= 0.6 is 0 Å². The Kier molecular flexibility index (Phi) is 14.6. The first-order valence-corrected chi connectivity index (χ1v) is 11.2. The Balaban J connectivity index is 1.83. The van der Waals surface area contributed by atoms with Gasteiger partial charge in [0.05, 0.1) is 0 Å². The van der Waals surface area contributed by atoms with E-state index in [1.807, 2.05) is 19.1 Å². The predicted molar refractivity (Wildman–Crippen MR) is 114 cm³/mol. The van der Waals surface area contributed by atoms with Crippen LogP contribution < -0.4 is 10.9 Å². The van der Waals surface area contributed by atoms with E-state index < -0.39 is 0 Å². The largest absolute Gasteiger partial charge is 0.291 e. The van der Waals surface area contributed by atoms with Crippen LogP contribution in [0.4, 0.5) is 0 Å². The molecule has 1 aromatic heterocycles. The lowest BCUT2D eigenvalue weighted by Gasteiger charge is -2.08. The second-order valence-corrected chi connectivity index (χ2v) is 7.70. The molecule has 27 heavy (non-hydrogen) atoms. The Bertz CT molecular complexity index is 490. The van der Waals surface area contributed by atoms with E-state index in [9.17, 15) is 4.79 Å². The SMILES string of the molecule is CCCCCCCCCCCCCCCC(=O)NNCc1ccnc(C)c1. The molecule has 0 bridgehead atoms. The van der Waals surface area contributed by atoms with Crippen LogP contribution in [-0.4, -0.2) is 10.9 Å². The maximum atomic E-state index is 11.8. The summed E-state index contributed by atoms with van der Waals surface area (Å²) in [7, 11) is 0. The molecule has 0 aliphatic heterocycles. The van der Waals surface area contributed by atoms with Gasteiger partial charge in [-0.3, -0.25) is 15.2 Å². The normalized spacial score (nSPS) is 10.9. The molecule has 0 spiro atoms. The van der Waals surface area contributed by atoms with E-state index in [4.69, 9.17) is 0 Å². The highest BCUT2D eigenvalue weighted by Crippen LogP contribution is 2.12. The van der Waals surface area contributed by atoms with Gasteiger partial charge in [-0.25, -0.2) is 5.43 Å². The zero-order valence-electron chi connectivity index (χ0n) is 17.7. The lowest BCUT2D eigenvalue weighted by atomic mass is 10.0. The predicted octanol–water partition coefficient (Wildman–Crippen LogP) is 5.99. The Labute approximate surface area is 166 Å². The first kappa shape index (κ1) is 23.6. The van der Waals surface area contributed by atoms with E-state index in [0.717, 1.165) is 24.1 Å². The Morgan fingerprint density at radius 1 is 0.889 bits per heavy atom. The lowest BCUT2D eigenvalue weighted by molar-refractivity contribution is -0.122. The number of carbonyl (C=O) groups is 1. The minimum Gasteiger partial charge on any atom is -0.291 e. The molecule has 0 fully saturated rings. The molecule has 0 aliphatic rings. The highest BCUT2D eigenvalue weighted by atomic mass is 16.2. The van der Waals surface area contributed by atoms with Crippen LogP contribution in [0.25, 0.3) is 0 Å². The number of unbranched alkanes of at least 4 members (excludes halogenated alkanes) is 12. The summed E-state index contributed by atoms with van der Waals surface area (Å²) in [5.74, 6) is 0.0869. The first-order valence-electron chi connectivity index (χ1n) is 11.2. The van der Waals surface area contributed by atoms with Crippen molar-refractivity contribution in [3.63, 3.8) is 0 Å². The molecule has 1 heterocycles. The van der Waals surface area contributed by atoms with Crippen molar-refractivity contribution in [1.82, 2.24) is 15.8 Å². The van der Waals surface area contributed by atoms with Crippen molar-refractivity contribution in [3.8, 4) is 0 Å². The molecule has 0 unspecified atom stereocenters. The van der Waals surface area contributed by atoms with Crippen LogP contribution in [0, 0.1) is 6.92 Å². The fourth-order valence-electron chi connectivity index (χ4n) is 3.32. The zero-order valence-corrected chi connectivity index (χ0v) is 17.7. The van der Waals surface area contributed by atoms with Gasteiger partial charge < -0.3 is 0 Å². The van der Waals surface area contributed by atoms with Crippen molar-refractivity contribution in [2.24, 2.45) is 0 Å². The number of nitrogens with one attached hydrogen (secondary N) is 2. The molecule has 4 nitrogen and oxygen atoms in total. The Hall–Kier alpha value is -1.42. The van der Waals surface area contributed by atoms with Gasteiger partial charge in [-0.1, -0.05) is 84.0 Å². The second kappa shape index (κ2) is 16.7. The van der Waals surface area contributed by atoms with Crippen LogP contribution in [0.2, 0.25) is 0 Å². The van der Waals surface area contributed by atoms with Crippen LogP contribution in [0.3, 0.4) is 0 Å². The maximum absolute atomic E-state index is 11.8. The van der Waals surface area contributed by atoms with Crippen LogP contribution in [0.5, 0.6) is 0 Å². The van der Waals surface area contributed by atoms with Crippen molar-refractivity contribution in [1.29, 1.82) is 0 Å². The number of rotatable bonds is 17. The standard InChI is InChI=1S/C23H41N3O/c1-3-4-5-6-7-8-9-10-11-12-13-14-15-16-23(27)26-25-20-22-17-18-24-21(2)19-22/h17-19,25H,3-16,20H2,1-2H3,(H,26,27). The molecule has 1 amide bonds. The number of carbonyl (C=O) groups excluding carboxylic acids is 1. The van der Waals surface area contributed by atoms with Crippen molar-refractivity contribution in [2.45, 2.75) is 110 Å². The monoisotopic (exact) mass is 375 g/mol. The van der Waals surface area contributed by atoms with Gasteiger partial charge in [-0.15, -0.1) is 0 Å². The molecule has 0 saturated heterocycles. The molecular weight excluding hydrogens is 334 g/mol. The van der Waals surface area contributed by atoms with Crippen molar-refractivity contribution >= 4 is 5.91 Å². The molecule has 0 aromatic carbocycles. The van der Waals surface area contributed by atoms with Crippen molar-refractivity contribution in [3.05, 3.63) is 29.6 Å².